The van der Waals surface area contributed by atoms with E-state index in [1.807, 2.05) is 6.92 Å². The van der Waals surface area contributed by atoms with Gasteiger partial charge in [-0.15, -0.1) is 6.58 Å². The van der Waals surface area contributed by atoms with Gasteiger partial charge in [0.05, 0.1) is 6.54 Å². The van der Waals surface area contributed by atoms with E-state index in [9.17, 15) is 0 Å². The summed E-state index contributed by atoms with van der Waals surface area (Å²) >= 11 is 0. The maximum atomic E-state index is 8.12. The fourth-order valence-electron chi connectivity index (χ4n) is 0.384. The summed E-state index contributed by atoms with van der Waals surface area (Å²) in [5, 5.41) is 13.9. The molecule has 4 nitrogen and oxygen atoms in total. The third-order valence-electron chi connectivity index (χ3n) is 1.09. The molecule has 0 saturated carbocycles. The zero-order chi connectivity index (χ0) is 7.98. The van der Waals surface area contributed by atoms with Gasteiger partial charge in [-0.1, -0.05) is 11.2 Å². The Hall–Kier alpha value is -1.03. The average Bonchev–Trinajstić information content (AvgIpc) is 1.99. The molecule has 0 heterocycles. The van der Waals surface area contributed by atoms with E-state index in [2.05, 4.69) is 17.1 Å². The molecule has 0 amide bonds. The van der Waals surface area contributed by atoms with Gasteiger partial charge in [-0.05, 0) is 6.92 Å². The Bertz CT molecular complexity index is 133. The lowest BCUT2D eigenvalue weighted by Gasteiger charge is -2.06. The van der Waals surface area contributed by atoms with Crippen molar-refractivity contribution in [3.05, 3.63) is 12.7 Å². The SMILES string of the molecule is C=CC(C)NC/C(N)=N/O. The van der Waals surface area contributed by atoms with Crippen LogP contribution in [0.3, 0.4) is 0 Å². The highest BCUT2D eigenvalue weighted by molar-refractivity contribution is 5.81. The van der Waals surface area contributed by atoms with E-state index < -0.39 is 0 Å². The summed E-state index contributed by atoms with van der Waals surface area (Å²) in [5.74, 6) is 0.175. The molecule has 1 atom stereocenters. The average molecular weight is 143 g/mol. The lowest BCUT2D eigenvalue weighted by atomic mass is 10.3. The highest BCUT2D eigenvalue weighted by Crippen LogP contribution is 1.78. The molecule has 0 aliphatic rings. The van der Waals surface area contributed by atoms with E-state index >= 15 is 0 Å². The first-order valence-corrected chi connectivity index (χ1v) is 3.03. The van der Waals surface area contributed by atoms with Crippen molar-refractivity contribution in [2.24, 2.45) is 10.9 Å². The summed E-state index contributed by atoms with van der Waals surface area (Å²) in [6.45, 7) is 5.87. The maximum absolute atomic E-state index is 8.12. The van der Waals surface area contributed by atoms with Crippen LogP contribution in [0.5, 0.6) is 0 Å². The zero-order valence-electron chi connectivity index (χ0n) is 6.04. The Balaban J connectivity index is 3.44. The van der Waals surface area contributed by atoms with Gasteiger partial charge in [-0.3, -0.25) is 0 Å². The predicted molar refractivity (Wildman–Crippen MR) is 41.1 cm³/mol. The minimum Gasteiger partial charge on any atom is -0.409 e. The lowest BCUT2D eigenvalue weighted by Crippen LogP contribution is -2.33. The van der Waals surface area contributed by atoms with Gasteiger partial charge in [0.15, 0.2) is 5.84 Å². The van der Waals surface area contributed by atoms with Crippen molar-refractivity contribution in [2.75, 3.05) is 6.54 Å². The first-order chi connectivity index (χ1) is 4.70. The van der Waals surface area contributed by atoms with Gasteiger partial charge in [0.25, 0.3) is 0 Å². The molecule has 0 bridgehead atoms. The number of amidine groups is 1. The van der Waals surface area contributed by atoms with Crippen molar-refractivity contribution >= 4 is 5.84 Å². The van der Waals surface area contributed by atoms with E-state index in [0.29, 0.717) is 6.54 Å². The molecular weight excluding hydrogens is 130 g/mol. The van der Waals surface area contributed by atoms with E-state index in [4.69, 9.17) is 10.9 Å². The summed E-state index contributed by atoms with van der Waals surface area (Å²) in [6.07, 6.45) is 1.74. The van der Waals surface area contributed by atoms with Crippen molar-refractivity contribution in [3.8, 4) is 0 Å². The van der Waals surface area contributed by atoms with Crippen LogP contribution in [-0.2, 0) is 0 Å². The van der Waals surface area contributed by atoms with Crippen LogP contribution in [0.25, 0.3) is 0 Å². The van der Waals surface area contributed by atoms with Crippen molar-refractivity contribution in [2.45, 2.75) is 13.0 Å². The number of hydrogen-bond donors (Lipinski definition) is 3. The highest BCUT2D eigenvalue weighted by Gasteiger charge is 1.95. The Morgan fingerprint density at radius 1 is 2.00 bits per heavy atom. The van der Waals surface area contributed by atoms with Crippen molar-refractivity contribution in [3.63, 3.8) is 0 Å². The van der Waals surface area contributed by atoms with Crippen molar-refractivity contribution < 1.29 is 5.21 Å². The molecule has 0 spiro atoms. The number of hydrogen-bond acceptors (Lipinski definition) is 3. The van der Waals surface area contributed by atoms with E-state index in [-0.39, 0.29) is 11.9 Å². The Morgan fingerprint density at radius 3 is 3.00 bits per heavy atom. The second-order valence-electron chi connectivity index (χ2n) is 2.00. The second-order valence-corrected chi connectivity index (χ2v) is 2.00. The molecule has 0 rings (SSSR count). The van der Waals surface area contributed by atoms with Crippen LogP contribution >= 0.6 is 0 Å². The van der Waals surface area contributed by atoms with E-state index in [1.165, 1.54) is 0 Å². The number of oxime groups is 1. The van der Waals surface area contributed by atoms with Crippen LogP contribution in [0, 0.1) is 0 Å². The molecule has 0 aromatic carbocycles. The van der Waals surface area contributed by atoms with Crippen LogP contribution in [0.4, 0.5) is 0 Å². The van der Waals surface area contributed by atoms with E-state index in [0.717, 1.165) is 0 Å². The van der Waals surface area contributed by atoms with Crippen molar-refractivity contribution in [1.82, 2.24) is 5.32 Å². The zero-order valence-corrected chi connectivity index (χ0v) is 6.04. The first kappa shape index (κ1) is 8.97. The monoisotopic (exact) mass is 143 g/mol. The summed E-state index contributed by atoms with van der Waals surface area (Å²) in [6, 6.07) is 0.181. The van der Waals surface area contributed by atoms with Crippen LogP contribution in [0.15, 0.2) is 17.8 Å². The predicted octanol–water partition coefficient (Wildman–Crippen LogP) is -0.103. The molecule has 0 aliphatic heterocycles. The smallest absolute Gasteiger partial charge is 0.153 e. The van der Waals surface area contributed by atoms with Gasteiger partial charge in [0.2, 0.25) is 0 Å². The van der Waals surface area contributed by atoms with Crippen LogP contribution in [0.2, 0.25) is 0 Å². The van der Waals surface area contributed by atoms with Crippen LogP contribution < -0.4 is 11.1 Å². The van der Waals surface area contributed by atoms with Gasteiger partial charge >= 0.3 is 0 Å². The maximum Gasteiger partial charge on any atom is 0.153 e. The molecular formula is C6H13N3O. The minimum absolute atomic E-state index is 0.175. The summed E-state index contributed by atoms with van der Waals surface area (Å²) in [4.78, 5) is 0. The van der Waals surface area contributed by atoms with Gasteiger partial charge in [0.1, 0.15) is 0 Å². The number of rotatable bonds is 4. The van der Waals surface area contributed by atoms with Crippen LogP contribution in [-0.4, -0.2) is 23.6 Å². The normalized spacial score (nSPS) is 14.7. The van der Waals surface area contributed by atoms with Gasteiger partial charge in [-0.2, -0.15) is 0 Å². The Kier molecular flexibility index (Phi) is 4.32. The van der Waals surface area contributed by atoms with Gasteiger partial charge in [0, 0.05) is 6.04 Å². The molecule has 0 saturated heterocycles. The molecule has 0 radical (unpaired) electrons. The number of nitrogens with zero attached hydrogens (tertiary/aromatic N) is 1. The van der Waals surface area contributed by atoms with Crippen molar-refractivity contribution in [1.29, 1.82) is 0 Å². The molecule has 0 aromatic heterocycles. The summed E-state index contributed by atoms with van der Waals surface area (Å²) in [7, 11) is 0. The lowest BCUT2D eigenvalue weighted by molar-refractivity contribution is 0.317. The third-order valence-corrected chi connectivity index (χ3v) is 1.09. The first-order valence-electron chi connectivity index (χ1n) is 3.03. The standard InChI is InChI=1S/C6H13N3O/c1-3-5(2)8-4-6(7)9-10/h3,5,8,10H,1,4H2,2H3,(H2,7,9). The molecule has 0 aliphatic carbocycles. The Morgan fingerprint density at radius 2 is 2.60 bits per heavy atom. The summed E-state index contributed by atoms with van der Waals surface area (Å²) < 4.78 is 0. The van der Waals surface area contributed by atoms with Gasteiger partial charge in [-0.25, -0.2) is 0 Å². The second kappa shape index (κ2) is 4.81. The number of nitrogens with two attached hydrogens (primary N) is 1. The largest absolute Gasteiger partial charge is 0.409 e. The fourth-order valence-corrected chi connectivity index (χ4v) is 0.384. The highest BCUT2D eigenvalue weighted by atomic mass is 16.4. The molecule has 0 aromatic rings. The topological polar surface area (TPSA) is 70.6 Å². The molecule has 4 heteroatoms. The van der Waals surface area contributed by atoms with E-state index in [1.54, 1.807) is 6.08 Å². The van der Waals surface area contributed by atoms with Crippen LogP contribution in [0.1, 0.15) is 6.92 Å². The fraction of sp³-hybridized carbons (Fsp3) is 0.500. The third kappa shape index (κ3) is 3.91. The Labute approximate surface area is 60.4 Å². The van der Waals surface area contributed by atoms with Gasteiger partial charge < -0.3 is 16.3 Å². The number of nitrogens with one attached hydrogen (secondary N) is 1. The quantitative estimate of drug-likeness (QED) is 0.169. The molecule has 1 unspecified atom stereocenters. The minimum atomic E-state index is 0.175. The molecule has 4 N–H and O–H groups in total. The molecule has 10 heavy (non-hydrogen) atoms. The molecule has 0 fully saturated rings. The summed E-state index contributed by atoms with van der Waals surface area (Å²) in [5.41, 5.74) is 5.18. The molecule has 58 valence electrons.